The van der Waals surface area contributed by atoms with E-state index >= 15 is 4.79 Å². The molecule has 0 aromatic heterocycles. The summed E-state index contributed by atoms with van der Waals surface area (Å²) in [6.07, 6.45) is 6.08. The van der Waals surface area contributed by atoms with Crippen molar-refractivity contribution >= 4 is 51.2 Å². The third kappa shape index (κ3) is 3.79. The molecule has 0 N–H and O–H groups in total. The second-order valence-electron chi connectivity index (χ2n) is 18.7. The molecule has 3 heteroatoms. The minimum absolute atomic E-state index is 0.0253. The van der Waals surface area contributed by atoms with Crippen molar-refractivity contribution < 1.29 is 4.79 Å². The van der Waals surface area contributed by atoms with E-state index in [1.807, 2.05) is 0 Å². The van der Waals surface area contributed by atoms with Gasteiger partial charge in [-0.2, -0.15) is 0 Å². The standard InChI is InChI=1S/C50H46BNO/c1-47(2,3)31-21-23-33-34-24-22-32(48(4,5)6)29-39(34)50(38(33)28-31)36-16-12-14-30-20-25-41-45(43(30)36)52(46(50)53)42-19-13-17-37-44(42)51(41)40-18-9-8-15-35(40)49(37)26-10-7-11-27-49/h8-9,12-25,28-29H,7,10-11,26-27H2,1-6H3. The highest BCUT2D eigenvalue weighted by Crippen LogP contribution is 2.60. The van der Waals surface area contributed by atoms with E-state index in [0.29, 0.717) is 0 Å². The summed E-state index contributed by atoms with van der Waals surface area (Å²) in [6, 6.07) is 41.6. The summed E-state index contributed by atoms with van der Waals surface area (Å²) in [4.78, 5) is 18.9. The first-order chi connectivity index (χ1) is 25.5. The van der Waals surface area contributed by atoms with Crippen molar-refractivity contribution in [1.29, 1.82) is 0 Å². The van der Waals surface area contributed by atoms with Gasteiger partial charge in [0.1, 0.15) is 5.41 Å². The summed E-state index contributed by atoms with van der Waals surface area (Å²) < 4.78 is 0. The van der Waals surface area contributed by atoms with E-state index in [1.54, 1.807) is 0 Å². The first kappa shape index (κ1) is 31.6. The van der Waals surface area contributed by atoms with Crippen LogP contribution in [0.1, 0.15) is 113 Å². The van der Waals surface area contributed by atoms with Gasteiger partial charge in [0.2, 0.25) is 6.71 Å². The molecule has 5 aliphatic rings. The molecule has 2 aliphatic carbocycles. The Kier molecular flexibility index (Phi) is 6.09. The van der Waals surface area contributed by atoms with Gasteiger partial charge in [0.05, 0.1) is 5.69 Å². The Morgan fingerprint density at radius 1 is 0.585 bits per heavy atom. The van der Waals surface area contributed by atoms with Crippen molar-refractivity contribution in [1.82, 2.24) is 0 Å². The lowest BCUT2D eigenvalue weighted by Crippen LogP contribution is -2.67. The van der Waals surface area contributed by atoms with Crippen LogP contribution >= 0.6 is 0 Å². The lowest BCUT2D eigenvalue weighted by Gasteiger charge is -2.51. The quantitative estimate of drug-likeness (QED) is 0.146. The number of benzene rings is 6. The molecule has 53 heavy (non-hydrogen) atoms. The van der Waals surface area contributed by atoms with Crippen LogP contribution in [0.25, 0.3) is 21.9 Å². The minimum Gasteiger partial charge on any atom is -0.280 e. The summed E-state index contributed by atoms with van der Waals surface area (Å²) in [5, 5.41) is 2.41. The number of anilines is 2. The highest BCUT2D eigenvalue weighted by Gasteiger charge is 2.59. The van der Waals surface area contributed by atoms with Crippen LogP contribution in [0.2, 0.25) is 0 Å². The molecule has 0 unspecified atom stereocenters. The monoisotopic (exact) mass is 687 g/mol. The van der Waals surface area contributed by atoms with Gasteiger partial charge in [0.25, 0.3) is 5.91 Å². The number of fused-ring (bicyclic) bond motifs is 12. The lowest BCUT2D eigenvalue weighted by molar-refractivity contribution is -0.120. The molecule has 2 nitrogen and oxygen atoms in total. The Morgan fingerprint density at radius 3 is 1.89 bits per heavy atom. The number of carbonyl (C=O) groups is 1. The van der Waals surface area contributed by atoms with Crippen LogP contribution in [0.5, 0.6) is 0 Å². The van der Waals surface area contributed by atoms with Crippen molar-refractivity contribution in [3.05, 3.63) is 148 Å². The van der Waals surface area contributed by atoms with Crippen molar-refractivity contribution in [2.75, 3.05) is 4.90 Å². The molecule has 0 atom stereocenters. The second-order valence-corrected chi connectivity index (χ2v) is 18.7. The summed E-state index contributed by atoms with van der Waals surface area (Å²) in [7, 11) is 0. The highest BCUT2D eigenvalue weighted by molar-refractivity contribution is 6.99. The molecule has 3 heterocycles. The van der Waals surface area contributed by atoms with Gasteiger partial charge in [0.15, 0.2) is 0 Å². The largest absolute Gasteiger partial charge is 0.280 e. The Labute approximate surface area is 314 Å². The van der Waals surface area contributed by atoms with Gasteiger partial charge < -0.3 is 0 Å². The third-order valence-corrected chi connectivity index (χ3v) is 14.0. The Morgan fingerprint density at radius 2 is 1.21 bits per heavy atom. The SMILES string of the molecule is CC(C)(C)c1ccc2c(c1)C1(C(=O)N3c4cccc5c4B(c4ccccc4C54CCCCC4)c4ccc5cccc1c5c43)c1cc(C(C)(C)C)ccc1-2. The van der Waals surface area contributed by atoms with E-state index in [9.17, 15) is 0 Å². The average Bonchev–Trinajstić information content (AvgIpc) is 3.44. The summed E-state index contributed by atoms with van der Waals surface area (Å²) in [5.41, 5.74) is 16.2. The number of hydrogen-bond acceptors (Lipinski definition) is 1. The summed E-state index contributed by atoms with van der Waals surface area (Å²) in [5.74, 6) is 0.158. The molecule has 0 radical (unpaired) electrons. The molecular weight excluding hydrogens is 641 g/mol. The first-order valence-corrected chi connectivity index (χ1v) is 19.9. The summed E-state index contributed by atoms with van der Waals surface area (Å²) in [6.45, 7) is 13.8. The van der Waals surface area contributed by atoms with E-state index in [-0.39, 0.29) is 28.9 Å². The zero-order valence-corrected chi connectivity index (χ0v) is 31.9. The van der Waals surface area contributed by atoms with Gasteiger partial charge in [-0.3, -0.25) is 9.69 Å². The van der Waals surface area contributed by atoms with Gasteiger partial charge in [-0.25, -0.2) is 0 Å². The lowest BCUT2D eigenvalue weighted by atomic mass is 9.29. The average molecular weight is 688 g/mol. The predicted molar refractivity (Wildman–Crippen MR) is 222 cm³/mol. The van der Waals surface area contributed by atoms with Gasteiger partial charge in [-0.05, 0) is 96.1 Å². The zero-order chi connectivity index (χ0) is 36.2. The maximum absolute atomic E-state index is 16.6. The molecule has 260 valence electrons. The highest BCUT2D eigenvalue weighted by atomic mass is 16.2. The van der Waals surface area contributed by atoms with Crippen LogP contribution in [-0.2, 0) is 26.5 Å². The van der Waals surface area contributed by atoms with Crippen molar-refractivity contribution in [3.8, 4) is 11.1 Å². The molecule has 0 saturated heterocycles. The minimum atomic E-state index is -0.997. The first-order valence-electron chi connectivity index (χ1n) is 19.9. The Bertz CT molecular complexity index is 2540. The fourth-order valence-corrected chi connectivity index (χ4v) is 11.5. The van der Waals surface area contributed by atoms with E-state index in [1.165, 1.54) is 79.8 Å². The van der Waals surface area contributed by atoms with Crippen LogP contribution in [0.3, 0.4) is 0 Å². The molecule has 1 fully saturated rings. The molecule has 6 aromatic rings. The molecule has 11 rings (SSSR count). The van der Waals surface area contributed by atoms with Gasteiger partial charge >= 0.3 is 0 Å². The molecule has 6 aromatic carbocycles. The van der Waals surface area contributed by atoms with Crippen molar-refractivity contribution in [2.45, 2.75) is 95.3 Å². The van der Waals surface area contributed by atoms with Crippen LogP contribution < -0.4 is 21.3 Å². The number of hydrogen-bond donors (Lipinski definition) is 0. The third-order valence-electron chi connectivity index (χ3n) is 14.0. The number of amides is 1. The number of carbonyl (C=O) groups excluding carboxylic acids is 1. The van der Waals surface area contributed by atoms with E-state index in [4.69, 9.17) is 0 Å². The van der Waals surface area contributed by atoms with E-state index < -0.39 is 5.41 Å². The number of nitrogens with zero attached hydrogens (tertiary/aromatic N) is 1. The van der Waals surface area contributed by atoms with Gasteiger partial charge in [0, 0.05) is 16.5 Å². The fraction of sp³-hybridized carbons (Fsp3) is 0.300. The maximum Gasteiger partial charge on any atom is 0.251 e. The van der Waals surface area contributed by atoms with Crippen LogP contribution in [-0.4, -0.2) is 12.6 Å². The predicted octanol–water partition coefficient (Wildman–Crippen LogP) is 9.82. The van der Waals surface area contributed by atoms with Gasteiger partial charge in [-0.1, -0.05) is 169 Å². The molecular formula is C50H46BNO. The summed E-state index contributed by atoms with van der Waals surface area (Å²) >= 11 is 0. The second kappa shape index (κ2) is 10.2. The molecule has 0 bridgehead atoms. The maximum atomic E-state index is 16.6. The Hall–Kier alpha value is -4.89. The zero-order valence-electron chi connectivity index (χ0n) is 31.9. The topological polar surface area (TPSA) is 20.3 Å². The number of rotatable bonds is 0. The van der Waals surface area contributed by atoms with Crippen molar-refractivity contribution in [3.63, 3.8) is 0 Å². The normalized spacial score (nSPS) is 18.3. The van der Waals surface area contributed by atoms with Crippen LogP contribution in [0.4, 0.5) is 11.4 Å². The molecule has 1 saturated carbocycles. The van der Waals surface area contributed by atoms with Crippen molar-refractivity contribution in [2.24, 2.45) is 0 Å². The smallest absolute Gasteiger partial charge is 0.251 e. The molecule has 1 amide bonds. The van der Waals surface area contributed by atoms with E-state index in [0.717, 1.165) is 40.9 Å². The molecule has 2 spiro atoms. The Balaban J connectivity index is 1.30. The fourth-order valence-electron chi connectivity index (χ4n) is 11.5. The van der Waals surface area contributed by atoms with Crippen LogP contribution in [0, 0.1) is 0 Å². The van der Waals surface area contributed by atoms with E-state index in [2.05, 4.69) is 156 Å². The van der Waals surface area contributed by atoms with Crippen LogP contribution in [0.15, 0.2) is 109 Å². The molecule has 3 aliphatic heterocycles. The van der Waals surface area contributed by atoms with Gasteiger partial charge in [-0.15, -0.1) is 0 Å².